The molecule has 0 unspecified atom stereocenters. The molecule has 3 aromatic rings. The number of nitrogens with zero attached hydrogens (tertiary/aromatic N) is 1. The molecule has 3 rings (SSSR count). The van der Waals surface area contributed by atoms with Gasteiger partial charge < -0.3 is 5.73 Å². The molecule has 0 radical (unpaired) electrons. The lowest BCUT2D eigenvalue weighted by atomic mass is 10.2. The minimum Gasteiger partial charge on any atom is -0.326 e. The first-order valence-corrected chi connectivity index (χ1v) is 6.34. The second kappa shape index (κ2) is 4.28. The Bertz CT molecular complexity index is 644. The highest BCUT2D eigenvalue weighted by Crippen LogP contribution is 2.31. The zero-order valence-corrected chi connectivity index (χ0v) is 10.1. The van der Waals surface area contributed by atoms with Crippen LogP contribution >= 0.6 is 11.3 Å². The number of benzene rings is 2. The van der Waals surface area contributed by atoms with Crippen LogP contribution < -0.4 is 5.73 Å². The molecular formula is C14H12N2S. The Labute approximate surface area is 104 Å². The molecule has 0 saturated heterocycles. The highest BCUT2D eigenvalue weighted by atomic mass is 32.1. The maximum Gasteiger partial charge on any atom is 0.124 e. The van der Waals surface area contributed by atoms with Crippen molar-refractivity contribution >= 4 is 21.6 Å². The summed E-state index contributed by atoms with van der Waals surface area (Å²) in [5.41, 5.74) is 9.04. The van der Waals surface area contributed by atoms with E-state index in [0.29, 0.717) is 6.54 Å². The summed E-state index contributed by atoms with van der Waals surface area (Å²) in [7, 11) is 0. The molecule has 0 saturated carbocycles. The molecule has 3 heteroatoms. The molecule has 0 spiro atoms. The third kappa shape index (κ3) is 1.84. The van der Waals surface area contributed by atoms with Crippen molar-refractivity contribution in [2.75, 3.05) is 0 Å². The van der Waals surface area contributed by atoms with Crippen LogP contribution in [0.3, 0.4) is 0 Å². The lowest BCUT2D eigenvalue weighted by molar-refractivity contribution is 1.08. The lowest BCUT2D eigenvalue weighted by Gasteiger charge is -1.95. The predicted octanol–water partition coefficient (Wildman–Crippen LogP) is 3.42. The standard InChI is InChI=1S/C14H12N2S/c15-9-11-7-4-8-12-13(11)16-14(17-12)10-5-2-1-3-6-10/h1-8H,9,15H2. The Morgan fingerprint density at radius 2 is 1.82 bits per heavy atom. The van der Waals surface area contributed by atoms with Gasteiger partial charge in [0.15, 0.2) is 0 Å². The molecule has 0 amide bonds. The van der Waals surface area contributed by atoms with Crippen molar-refractivity contribution in [3.05, 3.63) is 54.1 Å². The van der Waals surface area contributed by atoms with Gasteiger partial charge >= 0.3 is 0 Å². The van der Waals surface area contributed by atoms with E-state index < -0.39 is 0 Å². The van der Waals surface area contributed by atoms with Gasteiger partial charge in [-0.1, -0.05) is 42.5 Å². The average Bonchev–Trinajstić information content (AvgIpc) is 2.83. The zero-order valence-electron chi connectivity index (χ0n) is 9.26. The van der Waals surface area contributed by atoms with Gasteiger partial charge in [-0.05, 0) is 11.6 Å². The fraction of sp³-hybridized carbons (Fsp3) is 0.0714. The summed E-state index contributed by atoms with van der Waals surface area (Å²) in [4.78, 5) is 4.69. The summed E-state index contributed by atoms with van der Waals surface area (Å²) in [5.74, 6) is 0. The maximum absolute atomic E-state index is 5.73. The van der Waals surface area contributed by atoms with Crippen LogP contribution in [0.5, 0.6) is 0 Å². The highest BCUT2D eigenvalue weighted by molar-refractivity contribution is 7.21. The number of nitrogens with two attached hydrogens (primary N) is 1. The number of thiazole rings is 1. The van der Waals surface area contributed by atoms with Gasteiger partial charge in [0, 0.05) is 12.1 Å². The predicted molar refractivity (Wildman–Crippen MR) is 72.9 cm³/mol. The maximum atomic E-state index is 5.73. The normalized spacial score (nSPS) is 10.9. The van der Waals surface area contributed by atoms with Crippen molar-refractivity contribution in [1.82, 2.24) is 4.98 Å². The van der Waals surface area contributed by atoms with Crippen LogP contribution in [0.4, 0.5) is 0 Å². The summed E-state index contributed by atoms with van der Waals surface area (Å²) in [5, 5.41) is 1.06. The summed E-state index contributed by atoms with van der Waals surface area (Å²) in [6, 6.07) is 16.4. The van der Waals surface area contributed by atoms with Gasteiger partial charge in [-0.2, -0.15) is 0 Å². The van der Waals surface area contributed by atoms with Crippen LogP contribution in [0.15, 0.2) is 48.5 Å². The first-order valence-electron chi connectivity index (χ1n) is 5.52. The smallest absolute Gasteiger partial charge is 0.124 e. The SMILES string of the molecule is NCc1cccc2sc(-c3ccccc3)nc12. The van der Waals surface area contributed by atoms with Crippen molar-refractivity contribution in [1.29, 1.82) is 0 Å². The van der Waals surface area contributed by atoms with Crippen LogP contribution in [-0.4, -0.2) is 4.98 Å². The van der Waals surface area contributed by atoms with Crippen LogP contribution in [-0.2, 0) is 6.54 Å². The third-order valence-corrected chi connectivity index (χ3v) is 3.81. The lowest BCUT2D eigenvalue weighted by Crippen LogP contribution is -1.96. The number of rotatable bonds is 2. The molecule has 0 aliphatic heterocycles. The Kier molecular flexibility index (Phi) is 2.63. The van der Waals surface area contributed by atoms with E-state index in [-0.39, 0.29) is 0 Å². The molecule has 2 aromatic carbocycles. The molecule has 84 valence electrons. The fourth-order valence-electron chi connectivity index (χ4n) is 1.87. The molecule has 0 aliphatic carbocycles. The van der Waals surface area contributed by atoms with Gasteiger partial charge in [0.25, 0.3) is 0 Å². The summed E-state index contributed by atoms with van der Waals surface area (Å²) >= 11 is 1.71. The van der Waals surface area contributed by atoms with Gasteiger partial charge in [-0.15, -0.1) is 11.3 Å². The van der Waals surface area contributed by atoms with E-state index in [4.69, 9.17) is 10.7 Å². The first-order chi connectivity index (χ1) is 8.38. The number of aromatic nitrogens is 1. The topological polar surface area (TPSA) is 38.9 Å². The summed E-state index contributed by atoms with van der Waals surface area (Å²) in [6.45, 7) is 0.537. The second-order valence-corrected chi connectivity index (χ2v) is 4.88. The van der Waals surface area contributed by atoms with Crippen LogP contribution in [0, 0.1) is 0 Å². The average molecular weight is 240 g/mol. The van der Waals surface area contributed by atoms with Crippen LogP contribution in [0.1, 0.15) is 5.56 Å². The quantitative estimate of drug-likeness (QED) is 0.745. The van der Waals surface area contributed by atoms with E-state index in [2.05, 4.69) is 18.2 Å². The Morgan fingerprint density at radius 1 is 1.00 bits per heavy atom. The minimum atomic E-state index is 0.537. The van der Waals surface area contributed by atoms with Gasteiger partial charge in [-0.3, -0.25) is 0 Å². The second-order valence-electron chi connectivity index (χ2n) is 3.85. The Hall–Kier alpha value is -1.71. The third-order valence-electron chi connectivity index (χ3n) is 2.74. The molecule has 0 aliphatic rings. The zero-order chi connectivity index (χ0) is 11.7. The highest BCUT2D eigenvalue weighted by Gasteiger charge is 2.08. The molecule has 1 heterocycles. The monoisotopic (exact) mass is 240 g/mol. The van der Waals surface area contributed by atoms with E-state index in [9.17, 15) is 0 Å². The fourth-order valence-corrected chi connectivity index (χ4v) is 2.89. The molecule has 2 nitrogen and oxygen atoms in total. The van der Waals surface area contributed by atoms with Gasteiger partial charge in [0.2, 0.25) is 0 Å². The van der Waals surface area contributed by atoms with Crippen molar-refractivity contribution in [3.8, 4) is 10.6 Å². The number of hydrogen-bond acceptors (Lipinski definition) is 3. The molecular weight excluding hydrogens is 228 g/mol. The van der Waals surface area contributed by atoms with E-state index in [1.807, 2.05) is 30.3 Å². The van der Waals surface area contributed by atoms with Crippen molar-refractivity contribution in [2.45, 2.75) is 6.54 Å². The molecule has 0 fully saturated rings. The summed E-state index contributed by atoms with van der Waals surface area (Å²) < 4.78 is 1.20. The minimum absolute atomic E-state index is 0.537. The van der Waals surface area contributed by atoms with Gasteiger partial charge in [0.1, 0.15) is 5.01 Å². The molecule has 0 atom stereocenters. The van der Waals surface area contributed by atoms with Crippen molar-refractivity contribution in [3.63, 3.8) is 0 Å². The molecule has 0 bridgehead atoms. The summed E-state index contributed by atoms with van der Waals surface area (Å²) in [6.07, 6.45) is 0. The van der Waals surface area contributed by atoms with Crippen LogP contribution in [0.25, 0.3) is 20.8 Å². The Balaban J connectivity index is 2.20. The number of hydrogen-bond donors (Lipinski definition) is 1. The van der Waals surface area contributed by atoms with Gasteiger partial charge in [-0.25, -0.2) is 4.98 Å². The van der Waals surface area contributed by atoms with Crippen molar-refractivity contribution < 1.29 is 0 Å². The van der Waals surface area contributed by atoms with Crippen LogP contribution in [0.2, 0.25) is 0 Å². The number of para-hydroxylation sites is 1. The van der Waals surface area contributed by atoms with E-state index in [1.54, 1.807) is 11.3 Å². The molecule has 17 heavy (non-hydrogen) atoms. The van der Waals surface area contributed by atoms with E-state index in [0.717, 1.165) is 21.7 Å². The van der Waals surface area contributed by atoms with E-state index in [1.165, 1.54) is 4.70 Å². The molecule has 1 aromatic heterocycles. The van der Waals surface area contributed by atoms with Crippen molar-refractivity contribution in [2.24, 2.45) is 5.73 Å². The number of fused-ring (bicyclic) bond motifs is 1. The van der Waals surface area contributed by atoms with Gasteiger partial charge in [0.05, 0.1) is 10.2 Å². The Morgan fingerprint density at radius 3 is 2.59 bits per heavy atom. The molecule has 2 N–H and O–H groups in total. The first kappa shape index (κ1) is 10.4. The van der Waals surface area contributed by atoms with E-state index >= 15 is 0 Å². The largest absolute Gasteiger partial charge is 0.326 e.